The smallest absolute Gasteiger partial charge is 0.318 e. The average molecular weight is 382 g/mol. The number of piperazine rings is 1. The van der Waals surface area contributed by atoms with Crippen molar-refractivity contribution >= 4 is 22.0 Å². The Bertz CT molecular complexity index is 801. The normalized spacial score (nSPS) is 16.5. The molecule has 3 amide bonds. The standard InChI is InChI=1S/C17H26N4O4S/c1-11-9-12(2)14(4)16(13(11)3)26(24,25)21-7-5-20(6-8-21)10-15(22)19-17(18)23/h9H,5-8,10H2,1-4H3,(H3,18,19,22,23). The number of benzene rings is 1. The van der Waals surface area contributed by atoms with E-state index in [2.05, 4.69) is 0 Å². The zero-order valence-corrected chi connectivity index (χ0v) is 16.4. The minimum atomic E-state index is -3.61. The van der Waals surface area contributed by atoms with E-state index in [1.807, 2.05) is 39.1 Å². The van der Waals surface area contributed by atoms with E-state index in [1.54, 1.807) is 4.90 Å². The highest BCUT2D eigenvalue weighted by molar-refractivity contribution is 7.89. The first-order valence-electron chi connectivity index (χ1n) is 8.43. The van der Waals surface area contributed by atoms with Gasteiger partial charge in [0.1, 0.15) is 0 Å². The molecular formula is C17H26N4O4S. The number of carbonyl (C=O) groups is 2. The number of amides is 3. The van der Waals surface area contributed by atoms with E-state index in [9.17, 15) is 18.0 Å². The van der Waals surface area contributed by atoms with Gasteiger partial charge in [-0.3, -0.25) is 15.0 Å². The lowest BCUT2D eigenvalue weighted by atomic mass is 10.0. The summed E-state index contributed by atoms with van der Waals surface area (Å²) in [6, 6.07) is 1.11. The lowest BCUT2D eigenvalue weighted by molar-refractivity contribution is -0.121. The first-order chi connectivity index (χ1) is 12.0. The van der Waals surface area contributed by atoms with Crippen LogP contribution in [-0.4, -0.2) is 62.3 Å². The van der Waals surface area contributed by atoms with Gasteiger partial charge in [-0.05, 0) is 49.9 Å². The second kappa shape index (κ2) is 7.73. The molecule has 0 aliphatic carbocycles. The van der Waals surface area contributed by atoms with E-state index in [4.69, 9.17) is 5.73 Å². The number of imide groups is 1. The van der Waals surface area contributed by atoms with Gasteiger partial charge in [0.05, 0.1) is 11.4 Å². The number of hydrogen-bond donors (Lipinski definition) is 2. The quantitative estimate of drug-likeness (QED) is 0.784. The molecule has 1 aliphatic heterocycles. The molecule has 0 bridgehead atoms. The van der Waals surface area contributed by atoms with Crippen LogP contribution in [0.1, 0.15) is 22.3 Å². The zero-order chi connectivity index (χ0) is 19.6. The molecular weight excluding hydrogens is 356 g/mol. The lowest BCUT2D eigenvalue weighted by Gasteiger charge is -2.34. The Morgan fingerprint density at radius 3 is 2.00 bits per heavy atom. The van der Waals surface area contributed by atoms with E-state index in [0.29, 0.717) is 18.0 Å². The number of carbonyl (C=O) groups excluding carboxylic acids is 2. The van der Waals surface area contributed by atoms with Crippen molar-refractivity contribution < 1.29 is 18.0 Å². The number of urea groups is 1. The molecule has 0 spiro atoms. The predicted octanol–water partition coefficient (Wildman–Crippen LogP) is 0.421. The molecule has 3 N–H and O–H groups in total. The van der Waals surface area contributed by atoms with E-state index in [1.165, 1.54) is 4.31 Å². The summed E-state index contributed by atoms with van der Waals surface area (Å²) >= 11 is 0. The number of sulfonamides is 1. The fourth-order valence-corrected chi connectivity index (χ4v) is 5.20. The second-order valence-corrected chi connectivity index (χ2v) is 8.56. The van der Waals surface area contributed by atoms with Gasteiger partial charge in [0.15, 0.2) is 0 Å². The molecule has 1 aliphatic rings. The van der Waals surface area contributed by atoms with Gasteiger partial charge in [0.2, 0.25) is 15.9 Å². The largest absolute Gasteiger partial charge is 0.351 e. The molecule has 2 rings (SSSR count). The van der Waals surface area contributed by atoms with E-state index in [0.717, 1.165) is 22.3 Å². The van der Waals surface area contributed by atoms with Gasteiger partial charge in [-0.2, -0.15) is 4.31 Å². The minimum Gasteiger partial charge on any atom is -0.351 e. The summed E-state index contributed by atoms with van der Waals surface area (Å²) in [6.07, 6.45) is 0. The molecule has 0 aromatic heterocycles. The fourth-order valence-electron chi connectivity index (χ4n) is 3.20. The number of nitrogens with two attached hydrogens (primary N) is 1. The molecule has 26 heavy (non-hydrogen) atoms. The van der Waals surface area contributed by atoms with Crippen molar-refractivity contribution in [2.75, 3.05) is 32.7 Å². The third-order valence-corrected chi connectivity index (χ3v) is 7.03. The summed E-state index contributed by atoms with van der Waals surface area (Å²) in [5.41, 5.74) is 8.37. The van der Waals surface area contributed by atoms with E-state index in [-0.39, 0.29) is 19.6 Å². The number of rotatable bonds is 4. The zero-order valence-electron chi connectivity index (χ0n) is 15.6. The third-order valence-electron chi connectivity index (χ3n) is 4.86. The van der Waals surface area contributed by atoms with E-state index >= 15 is 0 Å². The van der Waals surface area contributed by atoms with Crippen molar-refractivity contribution in [2.24, 2.45) is 5.73 Å². The van der Waals surface area contributed by atoms with Crippen molar-refractivity contribution in [1.82, 2.24) is 14.5 Å². The molecule has 1 fully saturated rings. The van der Waals surface area contributed by atoms with Gasteiger partial charge in [-0.15, -0.1) is 0 Å². The van der Waals surface area contributed by atoms with Crippen LogP contribution in [0.5, 0.6) is 0 Å². The maximum atomic E-state index is 13.2. The minimum absolute atomic E-state index is 0.0123. The van der Waals surface area contributed by atoms with Crippen LogP contribution in [0.3, 0.4) is 0 Å². The van der Waals surface area contributed by atoms with E-state index < -0.39 is 22.0 Å². The summed E-state index contributed by atoms with van der Waals surface area (Å²) in [6.45, 7) is 8.90. The summed E-state index contributed by atoms with van der Waals surface area (Å²) in [5, 5.41) is 2.01. The molecule has 8 nitrogen and oxygen atoms in total. The van der Waals surface area contributed by atoms with Crippen LogP contribution in [0.25, 0.3) is 0 Å². The number of aryl methyl sites for hydroxylation is 2. The Morgan fingerprint density at radius 2 is 1.54 bits per heavy atom. The Morgan fingerprint density at radius 1 is 1.04 bits per heavy atom. The Kier molecular flexibility index (Phi) is 6.05. The van der Waals surface area contributed by atoms with Gasteiger partial charge in [0, 0.05) is 26.2 Å². The highest BCUT2D eigenvalue weighted by atomic mass is 32.2. The highest BCUT2D eigenvalue weighted by Gasteiger charge is 2.32. The molecule has 0 unspecified atom stereocenters. The van der Waals surface area contributed by atoms with Gasteiger partial charge >= 0.3 is 6.03 Å². The van der Waals surface area contributed by atoms with Gasteiger partial charge in [0.25, 0.3) is 0 Å². The van der Waals surface area contributed by atoms with Crippen molar-refractivity contribution in [2.45, 2.75) is 32.6 Å². The predicted molar refractivity (Wildman–Crippen MR) is 98.3 cm³/mol. The summed E-state index contributed by atoms with van der Waals surface area (Å²) in [4.78, 5) is 24.5. The van der Waals surface area contributed by atoms with Crippen molar-refractivity contribution in [1.29, 1.82) is 0 Å². The number of nitrogens with one attached hydrogen (secondary N) is 1. The number of primary amides is 1. The fraction of sp³-hybridized carbons (Fsp3) is 0.529. The van der Waals surface area contributed by atoms with Crippen molar-refractivity contribution in [3.63, 3.8) is 0 Å². The molecule has 1 aromatic carbocycles. The molecule has 1 heterocycles. The van der Waals surface area contributed by atoms with Crippen LogP contribution in [-0.2, 0) is 14.8 Å². The molecule has 9 heteroatoms. The molecule has 0 atom stereocenters. The number of nitrogens with zero attached hydrogens (tertiary/aromatic N) is 2. The number of hydrogen-bond acceptors (Lipinski definition) is 5. The molecule has 1 aromatic rings. The summed E-state index contributed by atoms with van der Waals surface area (Å²) < 4.78 is 27.8. The molecule has 144 valence electrons. The Labute approximate surface area is 154 Å². The Hall–Kier alpha value is -1.97. The van der Waals surface area contributed by atoms with Gasteiger partial charge in [-0.1, -0.05) is 6.07 Å². The van der Waals surface area contributed by atoms with Gasteiger partial charge < -0.3 is 5.73 Å². The topological polar surface area (TPSA) is 113 Å². The SMILES string of the molecule is Cc1cc(C)c(C)c(S(=O)(=O)N2CCN(CC(=O)NC(N)=O)CC2)c1C. The maximum Gasteiger partial charge on any atom is 0.318 e. The molecule has 0 radical (unpaired) electrons. The van der Waals surface area contributed by atoms with Crippen LogP contribution in [0.15, 0.2) is 11.0 Å². The maximum absolute atomic E-state index is 13.2. The van der Waals surface area contributed by atoms with Gasteiger partial charge in [-0.25, -0.2) is 13.2 Å². The van der Waals surface area contributed by atoms with Crippen LogP contribution >= 0.6 is 0 Å². The first kappa shape index (κ1) is 20.3. The van der Waals surface area contributed by atoms with Crippen molar-refractivity contribution in [3.8, 4) is 0 Å². The first-order valence-corrected chi connectivity index (χ1v) is 9.87. The molecule has 0 saturated carbocycles. The molecule has 1 saturated heterocycles. The lowest BCUT2D eigenvalue weighted by Crippen LogP contribution is -2.52. The van der Waals surface area contributed by atoms with Crippen LogP contribution in [0.2, 0.25) is 0 Å². The summed E-state index contributed by atoms with van der Waals surface area (Å²) in [7, 11) is -3.61. The van der Waals surface area contributed by atoms with Crippen LogP contribution < -0.4 is 11.1 Å². The Balaban J connectivity index is 2.14. The van der Waals surface area contributed by atoms with Crippen LogP contribution in [0.4, 0.5) is 4.79 Å². The van der Waals surface area contributed by atoms with Crippen molar-refractivity contribution in [3.05, 3.63) is 28.3 Å². The second-order valence-electron chi connectivity index (χ2n) is 6.68. The average Bonchev–Trinajstić information content (AvgIpc) is 2.52. The summed E-state index contributed by atoms with van der Waals surface area (Å²) in [5.74, 6) is -0.491. The monoisotopic (exact) mass is 382 g/mol. The van der Waals surface area contributed by atoms with Crippen LogP contribution in [0, 0.1) is 27.7 Å². The highest BCUT2D eigenvalue weighted by Crippen LogP contribution is 2.29. The third kappa shape index (κ3) is 4.22.